The number of piperidine rings is 1. The summed E-state index contributed by atoms with van der Waals surface area (Å²) in [5, 5.41) is 0.514. The summed E-state index contributed by atoms with van der Waals surface area (Å²) in [5.74, 6) is 0.306. The van der Waals surface area contributed by atoms with Gasteiger partial charge < -0.3 is 5.73 Å². The van der Waals surface area contributed by atoms with Crippen LogP contribution < -0.4 is 5.73 Å². The molecule has 0 radical (unpaired) electrons. The molecule has 0 aromatic heterocycles. The number of nitrogens with zero attached hydrogens (tertiary/aromatic N) is 1. The van der Waals surface area contributed by atoms with Crippen molar-refractivity contribution in [1.29, 1.82) is 0 Å². The number of likely N-dealkylation sites (tertiary alicyclic amines) is 1. The van der Waals surface area contributed by atoms with Crippen LogP contribution >= 0.6 is 11.6 Å². The third kappa shape index (κ3) is 3.41. The first-order valence-electron chi connectivity index (χ1n) is 6.05. The largest absolute Gasteiger partial charge is 0.330 e. The fourth-order valence-corrected chi connectivity index (χ4v) is 2.61. The molecule has 0 aliphatic carbocycles. The van der Waals surface area contributed by atoms with E-state index in [1.54, 1.807) is 6.07 Å². The first-order chi connectivity index (χ1) is 8.19. The fourth-order valence-electron chi connectivity index (χ4n) is 2.38. The molecule has 0 spiro atoms. The van der Waals surface area contributed by atoms with E-state index in [1.165, 1.54) is 25.0 Å². The molecule has 4 heteroatoms. The molecule has 1 aliphatic rings. The third-order valence-electron chi connectivity index (χ3n) is 3.35. The summed E-state index contributed by atoms with van der Waals surface area (Å²) < 4.78 is 12.9. The van der Waals surface area contributed by atoms with Gasteiger partial charge in [-0.05, 0) is 49.5 Å². The van der Waals surface area contributed by atoms with Crippen molar-refractivity contribution < 1.29 is 4.39 Å². The third-order valence-corrected chi connectivity index (χ3v) is 3.70. The van der Waals surface area contributed by atoms with Crippen LogP contribution in [0.3, 0.4) is 0 Å². The maximum Gasteiger partial charge on any atom is 0.124 e. The van der Waals surface area contributed by atoms with Gasteiger partial charge in [0.1, 0.15) is 5.82 Å². The van der Waals surface area contributed by atoms with Crippen LogP contribution in [-0.2, 0) is 6.54 Å². The van der Waals surface area contributed by atoms with Crippen LogP contribution in [0.5, 0.6) is 0 Å². The molecule has 2 N–H and O–H groups in total. The molecule has 2 nitrogen and oxygen atoms in total. The second kappa shape index (κ2) is 5.80. The molecule has 17 heavy (non-hydrogen) atoms. The predicted octanol–water partition coefficient (Wildman–Crippen LogP) is 2.65. The van der Waals surface area contributed by atoms with Crippen LogP contribution in [0.25, 0.3) is 0 Å². The highest BCUT2D eigenvalue weighted by Crippen LogP contribution is 2.22. The summed E-state index contributed by atoms with van der Waals surface area (Å²) in [6.07, 6.45) is 2.39. The van der Waals surface area contributed by atoms with E-state index in [-0.39, 0.29) is 5.82 Å². The Morgan fingerprint density at radius 1 is 1.47 bits per heavy atom. The molecule has 1 aliphatic heterocycles. The van der Waals surface area contributed by atoms with E-state index in [0.717, 1.165) is 31.7 Å². The van der Waals surface area contributed by atoms with Gasteiger partial charge in [-0.1, -0.05) is 17.7 Å². The highest BCUT2D eigenvalue weighted by Gasteiger charge is 2.19. The molecule has 0 bridgehead atoms. The maximum absolute atomic E-state index is 12.9. The van der Waals surface area contributed by atoms with Crippen molar-refractivity contribution >= 4 is 11.6 Å². The Labute approximate surface area is 107 Å². The van der Waals surface area contributed by atoms with Gasteiger partial charge in [0.25, 0.3) is 0 Å². The van der Waals surface area contributed by atoms with Gasteiger partial charge >= 0.3 is 0 Å². The van der Waals surface area contributed by atoms with Crippen LogP contribution in [-0.4, -0.2) is 24.5 Å². The highest BCUT2D eigenvalue weighted by atomic mass is 35.5. The van der Waals surface area contributed by atoms with Crippen molar-refractivity contribution in [2.45, 2.75) is 19.4 Å². The Morgan fingerprint density at radius 3 is 3.00 bits per heavy atom. The van der Waals surface area contributed by atoms with Gasteiger partial charge in [0.15, 0.2) is 0 Å². The normalized spacial score (nSPS) is 21.7. The lowest BCUT2D eigenvalue weighted by Crippen LogP contribution is -2.37. The number of benzene rings is 1. The zero-order chi connectivity index (χ0) is 12.3. The van der Waals surface area contributed by atoms with Crippen LogP contribution in [0.2, 0.25) is 5.02 Å². The van der Waals surface area contributed by atoms with Gasteiger partial charge in [0.2, 0.25) is 0 Å². The van der Waals surface area contributed by atoms with Crippen molar-refractivity contribution in [2.75, 3.05) is 19.6 Å². The molecule has 1 aromatic carbocycles. The second-order valence-electron chi connectivity index (χ2n) is 4.71. The van der Waals surface area contributed by atoms with Crippen LogP contribution in [0.1, 0.15) is 18.4 Å². The molecule has 1 saturated heterocycles. The molecule has 2 rings (SSSR count). The van der Waals surface area contributed by atoms with E-state index in [9.17, 15) is 4.39 Å². The van der Waals surface area contributed by atoms with Crippen molar-refractivity contribution in [2.24, 2.45) is 11.7 Å². The summed E-state index contributed by atoms with van der Waals surface area (Å²) in [6, 6.07) is 4.61. The lowest BCUT2D eigenvalue weighted by molar-refractivity contribution is 0.171. The van der Waals surface area contributed by atoms with E-state index >= 15 is 0 Å². The van der Waals surface area contributed by atoms with E-state index in [0.29, 0.717) is 10.9 Å². The Bertz CT molecular complexity index is 384. The van der Waals surface area contributed by atoms with Gasteiger partial charge in [-0.3, -0.25) is 4.90 Å². The molecule has 1 unspecified atom stereocenters. The Balaban J connectivity index is 2.00. The summed E-state index contributed by atoms with van der Waals surface area (Å²) >= 11 is 6.03. The number of nitrogens with two attached hydrogens (primary N) is 1. The summed E-state index contributed by atoms with van der Waals surface area (Å²) in [7, 11) is 0. The average Bonchev–Trinajstić information content (AvgIpc) is 2.33. The van der Waals surface area contributed by atoms with Gasteiger partial charge in [0, 0.05) is 18.1 Å². The zero-order valence-electron chi connectivity index (χ0n) is 9.83. The maximum atomic E-state index is 12.9. The molecule has 1 heterocycles. The van der Waals surface area contributed by atoms with Crippen molar-refractivity contribution in [1.82, 2.24) is 4.90 Å². The Morgan fingerprint density at radius 2 is 2.29 bits per heavy atom. The minimum absolute atomic E-state index is 0.280. The number of hydrogen-bond acceptors (Lipinski definition) is 2. The van der Waals surface area contributed by atoms with Gasteiger partial charge in [0.05, 0.1) is 0 Å². The van der Waals surface area contributed by atoms with Gasteiger partial charge in [-0.15, -0.1) is 0 Å². The molecule has 0 amide bonds. The minimum Gasteiger partial charge on any atom is -0.330 e. The predicted molar refractivity (Wildman–Crippen MR) is 68.5 cm³/mol. The van der Waals surface area contributed by atoms with Crippen LogP contribution in [0, 0.1) is 11.7 Å². The average molecular weight is 257 g/mol. The van der Waals surface area contributed by atoms with E-state index in [2.05, 4.69) is 4.90 Å². The minimum atomic E-state index is -0.280. The quantitative estimate of drug-likeness (QED) is 0.901. The summed E-state index contributed by atoms with van der Waals surface area (Å²) in [4.78, 5) is 2.35. The number of halogens is 2. The monoisotopic (exact) mass is 256 g/mol. The van der Waals surface area contributed by atoms with Gasteiger partial charge in [-0.25, -0.2) is 4.39 Å². The van der Waals surface area contributed by atoms with Crippen LogP contribution in [0.15, 0.2) is 18.2 Å². The molecular formula is C13H18ClFN2. The number of hydrogen-bond donors (Lipinski definition) is 1. The Kier molecular flexibility index (Phi) is 4.37. The Hall–Kier alpha value is -0.640. The zero-order valence-corrected chi connectivity index (χ0v) is 10.6. The van der Waals surface area contributed by atoms with E-state index in [4.69, 9.17) is 17.3 Å². The van der Waals surface area contributed by atoms with Crippen molar-refractivity contribution in [3.05, 3.63) is 34.6 Å². The summed E-state index contributed by atoms with van der Waals surface area (Å²) in [6.45, 7) is 3.62. The first kappa shape index (κ1) is 12.8. The fraction of sp³-hybridized carbons (Fsp3) is 0.538. The lowest BCUT2D eigenvalue weighted by Gasteiger charge is -2.32. The van der Waals surface area contributed by atoms with E-state index in [1.807, 2.05) is 0 Å². The molecule has 1 fully saturated rings. The van der Waals surface area contributed by atoms with Gasteiger partial charge in [-0.2, -0.15) is 0 Å². The molecule has 0 saturated carbocycles. The standard InChI is InChI=1S/C13H18ClFN2/c14-13-6-12(15)4-3-11(13)9-17-5-1-2-10(7-16)8-17/h3-4,6,10H,1-2,5,7-9,16H2. The van der Waals surface area contributed by atoms with Crippen molar-refractivity contribution in [3.63, 3.8) is 0 Å². The highest BCUT2D eigenvalue weighted by molar-refractivity contribution is 6.31. The number of rotatable bonds is 3. The molecule has 94 valence electrons. The van der Waals surface area contributed by atoms with Crippen LogP contribution in [0.4, 0.5) is 4.39 Å². The summed E-state index contributed by atoms with van der Waals surface area (Å²) in [5.41, 5.74) is 6.70. The second-order valence-corrected chi connectivity index (χ2v) is 5.12. The van der Waals surface area contributed by atoms with Crippen molar-refractivity contribution in [3.8, 4) is 0 Å². The SMILES string of the molecule is NCC1CCCN(Cc2ccc(F)cc2Cl)C1. The topological polar surface area (TPSA) is 29.3 Å². The lowest BCUT2D eigenvalue weighted by atomic mass is 9.98. The molecule has 1 atom stereocenters. The molecule has 1 aromatic rings. The first-order valence-corrected chi connectivity index (χ1v) is 6.43. The molecular weight excluding hydrogens is 239 g/mol. The van der Waals surface area contributed by atoms with E-state index < -0.39 is 0 Å². The smallest absolute Gasteiger partial charge is 0.124 e.